The molecule has 0 aromatic heterocycles. The molecule has 0 spiro atoms. The SMILES string of the molecule is CC(C)=CC(=O)OC(C)C(=O)NCc1ccccc1. The Balaban J connectivity index is 2.41. The molecule has 1 amide bonds. The Morgan fingerprint density at radius 2 is 1.89 bits per heavy atom. The van der Waals surface area contributed by atoms with Crippen LogP contribution in [0.2, 0.25) is 0 Å². The summed E-state index contributed by atoms with van der Waals surface area (Å²) in [6, 6.07) is 9.55. The maximum Gasteiger partial charge on any atom is 0.331 e. The first-order valence-electron chi connectivity index (χ1n) is 6.16. The summed E-state index contributed by atoms with van der Waals surface area (Å²) < 4.78 is 4.98. The molecule has 0 radical (unpaired) electrons. The van der Waals surface area contributed by atoms with Crippen molar-refractivity contribution in [2.24, 2.45) is 0 Å². The number of nitrogens with one attached hydrogen (secondary N) is 1. The Hall–Kier alpha value is -2.10. The highest BCUT2D eigenvalue weighted by molar-refractivity contribution is 5.87. The minimum Gasteiger partial charge on any atom is -0.449 e. The third kappa shape index (κ3) is 5.86. The highest BCUT2D eigenvalue weighted by atomic mass is 16.5. The van der Waals surface area contributed by atoms with Crippen molar-refractivity contribution in [3.8, 4) is 0 Å². The van der Waals surface area contributed by atoms with E-state index in [2.05, 4.69) is 5.32 Å². The van der Waals surface area contributed by atoms with Gasteiger partial charge in [-0.1, -0.05) is 35.9 Å². The average Bonchev–Trinajstić information content (AvgIpc) is 2.36. The molecule has 1 aromatic rings. The molecule has 19 heavy (non-hydrogen) atoms. The Kier molecular flexibility index (Phi) is 5.79. The predicted molar refractivity (Wildman–Crippen MR) is 73.3 cm³/mol. The van der Waals surface area contributed by atoms with Gasteiger partial charge in [0.05, 0.1) is 0 Å². The van der Waals surface area contributed by atoms with E-state index in [9.17, 15) is 9.59 Å². The van der Waals surface area contributed by atoms with Gasteiger partial charge in [-0.25, -0.2) is 4.79 Å². The molecule has 4 nitrogen and oxygen atoms in total. The van der Waals surface area contributed by atoms with Gasteiger partial charge in [-0.05, 0) is 26.3 Å². The van der Waals surface area contributed by atoms with Crippen molar-refractivity contribution in [1.82, 2.24) is 5.32 Å². The normalized spacial score (nSPS) is 11.3. The third-order valence-corrected chi connectivity index (χ3v) is 2.38. The molecule has 0 saturated carbocycles. The predicted octanol–water partition coefficient (Wildman–Crippen LogP) is 2.20. The van der Waals surface area contributed by atoms with E-state index < -0.39 is 12.1 Å². The van der Waals surface area contributed by atoms with E-state index in [4.69, 9.17) is 4.74 Å². The van der Waals surface area contributed by atoms with Crippen molar-refractivity contribution in [1.29, 1.82) is 0 Å². The van der Waals surface area contributed by atoms with Gasteiger partial charge in [-0.2, -0.15) is 0 Å². The fraction of sp³-hybridized carbons (Fsp3) is 0.333. The Labute approximate surface area is 113 Å². The molecule has 0 saturated heterocycles. The lowest BCUT2D eigenvalue weighted by molar-refractivity contribution is -0.150. The van der Waals surface area contributed by atoms with Gasteiger partial charge in [0.2, 0.25) is 0 Å². The average molecular weight is 261 g/mol. The van der Waals surface area contributed by atoms with Crippen molar-refractivity contribution in [3.05, 3.63) is 47.5 Å². The number of esters is 1. The summed E-state index contributed by atoms with van der Waals surface area (Å²) in [5.74, 6) is -0.804. The molecule has 0 aliphatic carbocycles. The number of amides is 1. The molecule has 102 valence electrons. The topological polar surface area (TPSA) is 55.4 Å². The zero-order valence-electron chi connectivity index (χ0n) is 11.5. The third-order valence-electron chi connectivity index (χ3n) is 2.38. The van der Waals surface area contributed by atoms with E-state index in [1.807, 2.05) is 30.3 Å². The highest BCUT2D eigenvalue weighted by Gasteiger charge is 2.15. The monoisotopic (exact) mass is 261 g/mol. The van der Waals surface area contributed by atoms with Crippen molar-refractivity contribution in [2.45, 2.75) is 33.4 Å². The lowest BCUT2D eigenvalue weighted by Crippen LogP contribution is -2.35. The maximum absolute atomic E-state index is 11.7. The van der Waals surface area contributed by atoms with Crippen LogP contribution in [0, 0.1) is 0 Å². The van der Waals surface area contributed by atoms with Crippen LogP contribution < -0.4 is 5.32 Å². The quantitative estimate of drug-likeness (QED) is 0.653. The Morgan fingerprint density at radius 3 is 2.47 bits per heavy atom. The fourth-order valence-corrected chi connectivity index (χ4v) is 1.43. The number of rotatable bonds is 5. The molecule has 0 heterocycles. The van der Waals surface area contributed by atoms with E-state index in [-0.39, 0.29) is 5.91 Å². The molecule has 1 rings (SSSR count). The van der Waals surface area contributed by atoms with Gasteiger partial charge in [0.15, 0.2) is 6.10 Å². The van der Waals surface area contributed by atoms with Crippen molar-refractivity contribution < 1.29 is 14.3 Å². The summed E-state index contributed by atoms with van der Waals surface area (Å²) >= 11 is 0. The number of allylic oxidation sites excluding steroid dienone is 1. The molecule has 0 bridgehead atoms. The van der Waals surface area contributed by atoms with Gasteiger partial charge in [0.1, 0.15) is 0 Å². The van der Waals surface area contributed by atoms with Gasteiger partial charge in [0.25, 0.3) is 5.91 Å². The van der Waals surface area contributed by atoms with Gasteiger partial charge < -0.3 is 10.1 Å². The van der Waals surface area contributed by atoms with E-state index in [0.717, 1.165) is 11.1 Å². The molecule has 1 unspecified atom stereocenters. The van der Waals surface area contributed by atoms with E-state index in [0.29, 0.717) is 6.54 Å². The van der Waals surface area contributed by atoms with Crippen LogP contribution in [0.15, 0.2) is 42.0 Å². The molecule has 0 aliphatic rings. The molecule has 0 aliphatic heterocycles. The van der Waals surface area contributed by atoms with Crippen LogP contribution in [0.3, 0.4) is 0 Å². The Bertz CT molecular complexity index is 462. The molecule has 1 aromatic carbocycles. The van der Waals surface area contributed by atoms with E-state index in [1.54, 1.807) is 20.8 Å². The summed E-state index contributed by atoms with van der Waals surface area (Å²) in [6.45, 7) is 5.56. The van der Waals surface area contributed by atoms with Crippen LogP contribution in [-0.4, -0.2) is 18.0 Å². The van der Waals surface area contributed by atoms with Gasteiger partial charge in [-0.15, -0.1) is 0 Å². The zero-order valence-corrected chi connectivity index (χ0v) is 11.5. The van der Waals surface area contributed by atoms with E-state index in [1.165, 1.54) is 6.08 Å². The molecule has 1 N–H and O–H groups in total. The van der Waals surface area contributed by atoms with Crippen LogP contribution in [0.1, 0.15) is 26.3 Å². The summed E-state index contributed by atoms with van der Waals surface area (Å²) in [7, 11) is 0. The smallest absolute Gasteiger partial charge is 0.331 e. The minimum absolute atomic E-state index is 0.306. The number of benzene rings is 1. The number of carbonyl (C=O) groups is 2. The molecule has 0 fully saturated rings. The van der Waals surface area contributed by atoms with Gasteiger partial charge in [-0.3, -0.25) is 4.79 Å². The van der Waals surface area contributed by atoms with Crippen LogP contribution >= 0.6 is 0 Å². The first kappa shape index (κ1) is 15.0. The Morgan fingerprint density at radius 1 is 1.26 bits per heavy atom. The van der Waals surface area contributed by atoms with Crippen LogP contribution in [-0.2, 0) is 20.9 Å². The second kappa shape index (κ2) is 7.36. The lowest BCUT2D eigenvalue weighted by Gasteiger charge is -2.12. The zero-order chi connectivity index (χ0) is 14.3. The second-order valence-electron chi connectivity index (χ2n) is 4.50. The second-order valence-corrected chi connectivity index (χ2v) is 4.50. The number of ether oxygens (including phenoxy) is 1. The molecule has 1 atom stereocenters. The molecular formula is C15H19NO3. The summed E-state index contributed by atoms with van der Waals surface area (Å²) in [5, 5.41) is 2.72. The summed E-state index contributed by atoms with van der Waals surface area (Å²) in [5.41, 5.74) is 1.83. The van der Waals surface area contributed by atoms with Crippen LogP contribution in [0.25, 0.3) is 0 Å². The van der Waals surface area contributed by atoms with Crippen molar-refractivity contribution in [2.75, 3.05) is 0 Å². The highest BCUT2D eigenvalue weighted by Crippen LogP contribution is 2.00. The maximum atomic E-state index is 11.7. The summed E-state index contributed by atoms with van der Waals surface area (Å²) in [4.78, 5) is 23.1. The standard InChI is InChI=1S/C15H19NO3/c1-11(2)9-14(17)19-12(3)15(18)16-10-13-7-5-4-6-8-13/h4-9,12H,10H2,1-3H3,(H,16,18). The lowest BCUT2D eigenvalue weighted by atomic mass is 10.2. The first-order valence-corrected chi connectivity index (χ1v) is 6.16. The van der Waals surface area contributed by atoms with E-state index >= 15 is 0 Å². The largest absolute Gasteiger partial charge is 0.449 e. The first-order chi connectivity index (χ1) is 8.99. The van der Waals surface area contributed by atoms with Crippen LogP contribution in [0.4, 0.5) is 0 Å². The number of hydrogen-bond acceptors (Lipinski definition) is 3. The minimum atomic E-state index is -0.799. The fourth-order valence-electron chi connectivity index (χ4n) is 1.43. The summed E-state index contributed by atoms with van der Waals surface area (Å²) in [6.07, 6.45) is 0.563. The van der Waals surface area contributed by atoms with Crippen molar-refractivity contribution >= 4 is 11.9 Å². The molecule has 4 heteroatoms. The molecular weight excluding hydrogens is 242 g/mol. The number of hydrogen-bond donors (Lipinski definition) is 1. The van der Waals surface area contributed by atoms with Gasteiger partial charge >= 0.3 is 5.97 Å². The van der Waals surface area contributed by atoms with Crippen molar-refractivity contribution in [3.63, 3.8) is 0 Å². The van der Waals surface area contributed by atoms with Gasteiger partial charge in [0, 0.05) is 12.6 Å². The van der Waals surface area contributed by atoms with Crippen LogP contribution in [0.5, 0.6) is 0 Å². The number of carbonyl (C=O) groups excluding carboxylic acids is 2.